The zero-order chi connectivity index (χ0) is 15.6. The molecule has 0 radical (unpaired) electrons. The minimum atomic E-state index is -1.49. The topological polar surface area (TPSA) is 128 Å². The number of carbonyl (C=O) groups excluding carboxylic acids is 1. The summed E-state index contributed by atoms with van der Waals surface area (Å²) in [6.07, 6.45) is -0.366. The van der Waals surface area contributed by atoms with Crippen LogP contribution in [0.15, 0.2) is 11.5 Å². The molecule has 0 aromatic carbocycles. The molecule has 0 bridgehead atoms. The van der Waals surface area contributed by atoms with Gasteiger partial charge in [-0.05, 0) is 12.8 Å². The predicted octanol–water partition coefficient (Wildman–Crippen LogP) is 0.347. The third-order valence-electron chi connectivity index (χ3n) is 3.86. The van der Waals surface area contributed by atoms with E-state index in [2.05, 4.69) is 0 Å². The molecular formula is C13H19NO7. The number of cyclic esters (lactones) is 1. The lowest BCUT2D eigenvalue weighted by Crippen LogP contribution is -2.42. The smallest absolute Gasteiger partial charge is 0.412 e. The molecule has 21 heavy (non-hydrogen) atoms. The lowest BCUT2D eigenvalue weighted by atomic mass is 9.94. The molecule has 8 heteroatoms. The van der Waals surface area contributed by atoms with E-state index in [1.165, 1.54) is 0 Å². The molecule has 1 aliphatic heterocycles. The standard InChI is InChI=1S/C13H19NO7/c15-6-8(16)11-10(17)9(12(18)21-11)14(13(19)20)7-4-2-1-3-5-7/h7-8,11,15-17H,1-6H2,(H,19,20)/t8-,11?/m0/s1. The monoisotopic (exact) mass is 301 g/mol. The normalized spacial score (nSPS) is 24.9. The number of hydrogen-bond acceptors (Lipinski definition) is 6. The molecule has 1 heterocycles. The Kier molecular flexibility index (Phi) is 4.69. The van der Waals surface area contributed by atoms with Gasteiger partial charge < -0.3 is 25.2 Å². The maximum atomic E-state index is 11.9. The quantitative estimate of drug-likeness (QED) is 0.551. The van der Waals surface area contributed by atoms with Crippen molar-refractivity contribution >= 4 is 12.1 Å². The van der Waals surface area contributed by atoms with Crippen LogP contribution >= 0.6 is 0 Å². The average Bonchev–Trinajstić information content (AvgIpc) is 2.76. The lowest BCUT2D eigenvalue weighted by molar-refractivity contribution is -0.147. The van der Waals surface area contributed by atoms with Crippen LogP contribution in [0.25, 0.3) is 0 Å². The van der Waals surface area contributed by atoms with E-state index in [-0.39, 0.29) is 0 Å². The summed E-state index contributed by atoms with van der Waals surface area (Å²) in [5, 5.41) is 37.8. The van der Waals surface area contributed by atoms with E-state index < -0.39 is 48.4 Å². The van der Waals surface area contributed by atoms with Crippen molar-refractivity contribution in [2.75, 3.05) is 6.61 Å². The number of rotatable bonds is 4. The molecule has 0 aromatic heterocycles. The van der Waals surface area contributed by atoms with Gasteiger partial charge in [0.2, 0.25) is 0 Å². The fourth-order valence-corrected chi connectivity index (χ4v) is 2.82. The van der Waals surface area contributed by atoms with Crippen molar-refractivity contribution in [1.29, 1.82) is 0 Å². The molecule has 0 spiro atoms. The number of nitrogens with zero attached hydrogens (tertiary/aromatic N) is 1. The van der Waals surface area contributed by atoms with Gasteiger partial charge in [0, 0.05) is 6.04 Å². The Morgan fingerprint density at radius 3 is 2.48 bits per heavy atom. The molecule has 4 N–H and O–H groups in total. The molecule has 8 nitrogen and oxygen atoms in total. The van der Waals surface area contributed by atoms with Crippen LogP contribution in [0.1, 0.15) is 32.1 Å². The minimum Gasteiger partial charge on any atom is -0.506 e. The van der Waals surface area contributed by atoms with Crippen LogP contribution in [0.2, 0.25) is 0 Å². The maximum absolute atomic E-state index is 11.9. The van der Waals surface area contributed by atoms with Gasteiger partial charge in [-0.25, -0.2) is 9.59 Å². The summed E-state index contributed by atoms with van der Waals surface area (Å²) in [6, 6.07) is -0.397. The third kappa shape index (κ3) is 2.96. The molecule has 1 amide bonds. The van der Waals surface area contributed by atoms with Crippen molar-refractivity contribution in [3.8, 4) is 0 Å². The predicted molar refractivity (Wildman–Crippen MR) is 69.4 cm³/mol. The van der Waals surface area contributed by atoms with Crippen molar-refractivity contribution in [3.63, 3.8) is 0 Å². The molecule has 0 saturated heterocycles. The average molecular weight is 301 g/mol. The second-order valence-corrected chi connectivity index (χ2v) is 5.25. The molecule has 1 aliphatic carbocycles. The fraction of sp³-hybridized carbons (Fsp3) is 0.692. The van der Waals surface area contributed by atoms with Gasteiger partial charge in [-0.1, -0.05) is 19.3 Å². The Morgan fingerprint density at radius 1 is 1.33 bits per heavy atom. The highest BCUT2D eigenvalue weighted by Crippen LogP contribution is 2.32. The van der Waals surface area contributed by atoms with Crippen LogP contribution in [0.5, 0.6) is 0 Å². The molecule has 0 aromatic rings. The Balaban J connectivity index is 2.31. The highest BCUT2D eigenvalue weighted by Gasteiger charge is 2.45. The van der Waals surface area contributed by atoms with Crippen LogP contribution in [-0.2, 0) is 9.53 Å². The number of amides is 1. The Morgan fingerprint density at radius 2 is 1.95 bits per heavy atom. The summed E-state index contributed by atoms with van der Waals surface area (Å²) in [6.45, 7) is -0.716. The van der Waals surface area contributed by atoms with Crippen molar-refractivity contribution in [2.45, 2.75) is 50.4 Å². The van der Waals surface area contributed by atoms with E-state index >= 15 is 0 Å². The first-order chi connectivity index (χ1) is 9.97. The number of esters is 1. The van der Waals surface area contributed by atoms with Crippen LogP contribution in [0.4, 0.5) is 4.79 Å². The maximum Gasteiger partial charge on any atom is 0.412 e. The van der Waals surface area contributed by atoms with E-state index in [1.807, 2.05) is 0 Å². The highest BCUT2D eigenvalue weighted by molar-refractivity contribution is 5.95. The van der Waals surface area contributed by atoms with Gasteiger partial charge in [-0.2, -0.15) is 0 Å². The van der Waals surface area contributed by atoms with E-state index in [0.717, 1.165) is 24.2 Å². The highest BCUT2D eigenvalue weighted by atomic mass is 16.6. The number of hydrogen-bond donors (Lipinski definition) is 4. The molecule has 118 valence electrons. The number of aliphatic hydroxyl groups excluding tert-OH is 3. The number of ether oxygens (including phenoxy) is 1. The van der Waals surface area contributed by atoms with Crippen molar-refractivity contribution in [2.24, 2.45) is 0 Å². The zero-order valence-electron chi connectivity index (χ0n) is 11.4. The summed E-state index contributed by atoms with van der Waals surface area (Å²) >= 11 is 0. The van der Waals surface area contributed by atoms with Gasteiger partial charge in [0.15, 0.2) is 17.6 Å². The van der Waals surface area contributed by atoms with Gasteiger partial charge in [-0.15, -0.1) is 0 Å². The van der Waals surface area contributed by atoms with E-state index in [4.69, 9.17) is 9.84 Å². The summed E-state index contributed by atoms with van der Waals surface area (Å²) in [4.78, 5) is 24.2. The second-order valence-electron chi connectivity index (χ2n) is 5.25. The van der Waals surface area contributed by atoms with Gasteiger partial charge in [0.25, 0.3) is 0 Å². The number of carbonyl (C=O) groups is 2. The SMILES string of the molecule is O=C1OC([C@@H](O)CO)C(O)=C1N(C(=O)O)C1CCCCC1. The Bertz CT molecular complexity index is 455. The van der Waals surface area contributed by atoms with Gasteiger partial charge in [0.05, 0.1) is 6.61 Å². The molecule has 1 fully saturated rings. The van der Waals surface area contributed by atoms with Crippen molar-refractivity contribution in [1.82, 2.24) is 4.90 Å². The number of carboxylic acid groups (broad SMARTS) is 1. The second kappa shape index (κ2) is 6.31. The Hall–Kier alpha value is -1.80. The van der Waals surface area contributed by atoms with E-state index in [9.17, 15) is 24.9 Å². The summed E-state index contributed by atoms with van der Waals surface area (Å²) in [5.74, 6) is -1.65. The first-order valence-corrected chi connectivity index (χ1v) is 6.92. The van der Waals surface area contributed by atoms with Crippen molar-refractivity contribution < 1.29 is 34.8 Å². The molecule has 2 aliphatic rings. The van der Waals surface area contributed by atoms with Crippen molar-refractivity contribution in [3.05, 3.63) is 11.5 Å². The zero-order valence-corrected chi connectivity index (χ0v) is 11.4. The molecule has 1 unspecified atom stereocenters. The van der Waals surface area contributed by atoms with E-state index in [0.29, 0.717) is 12.8 Å². The molecule has 2 rings (SSSR count). The Labute approximate surface area is 121 Å². The van der Waals surface area contributed by atoms with Crippen LogP contribution in [0.3, 0.4) is 0 Å². The van der Waals surface area contributed by atoms with Crippen LogP contribution < -0.4 is 0 Å². The van der Waals surface area contributed by atoms with Gasteiger partial charge in [-0.3, -0.25) is 4.90 Å². The fourth-order valence-electron chi connectivity index (χ4n) is 2.82. The van der Waals surface area contributed by atoms with Crippen LogP contribution in [-0.4, -0.2) is 62.2 Å². The summed E-state index contributed by atoms with van der Waals surface area (Å²) < 4.78 is 4.78. The first kappa shape index (κ1) is 15.6. The lowest BCUT2D eigenvalue weighted by Gasteiger charge is -2.31. The minimum absolute atomic E-state index is 0.397. The van der Waals surface area contributed by atoms with Gasteiger partial charge in [0.1, 0.15) is 6.10 Å². The van der Waals surface area contributed by atoms with Gasteiger partial charge >= 0.3 is 12.1 Å². The molecular weight excluding hydrogens is 282 g/mol. The summed E-state index contributed by atoms with van der Waals surface area (Å²) in [5.41, 5.74) is -0.452. The van der Waals surface area contributed by atoms with Crippen LogP contribution in [0, 0.1) is 0 Å². The molecule has 2 atom stereocenters. The molecule has 1 saturated carbocycles. The van der Waals surface area contributed by atoms with E-state index in [1.54, 1.807) is 0 Å². The first-order valence-electron chi connectivity index (χ1n) is 6.92. The summed E-state index contributed by atoms with van der Waals surface area (Å²) in [7, 11) is 0. The largest absolute Gasteiger partial charge is 0.506 e. The third-order valence-corrected chi connectivity index (χ3v) is 3.86. The number of aliphatic hydroxyl groups is 3.